The van der Waals surface area contributed by atoms with Gasteiger partial charge in [-0.05, 0) is 75.5 Å². The van der Waals surface area contributed by atoms with Crippen LogP contribution in [0.2, 0.25) is 0 Å². The van der Waals surface area contributed by atoms with Crippen LogP contribution in [0.25, 0.3) is 6.08 Å². The summed E-state index contributed by atoms with van der Waals surface area (Å²) in [6.07, 6.45) is 6.22. The van der Waals surface area contributed by atoms with Gasteiger partial charge in [-0.2, -0.15) is 0 Å². The van der Waals surface area contributed by atoms with Crippen molar-refractivity contribution < 1.29 is 28.5 Å². The number of aryl methyl sites for hydroxylation is 1. The summed E-state index contributed by atoms with van der Waals surface area (Å²) in [6, 6.07) is 11.0. The molecule has 1 fully saturated rings. The normalized spacial score (nSPS) is 20.3. The summed E-state index contributed by atoms with van der Waals surface area (Å²) in [5.41, 5.74) is 3.05. The van der Waals surface area contributed by atoms with Crippen LogP contribution in [0.1, 0.15) is 60.8 Å². The van der Waals surface area contributed by atoms with E-state index < -0.39 is 11.8 Å². The van der Waals surface area contributed by atoms with Crippen molar-refractivity contribution in [3.63, 3.8) is 0 Å². The van der Waals surface area contributed by atoms with Gasteiger partial charge in [-0.3, -0.25) is 4.90 Å². The first-order chi connectivity index (χ1) is 19.2. The van der Waals surface area contributed by atoms with E-state index in [-0.39, 0.29) is 17.8 Å². The van der Waals surface area contributed by atoms with Gasteiger partial charge in [-0.1, -0.05) is 18.2 Å². The molecule has 0 unspecified atom stereocenters. The van der Waals surface area contributed by atoms with Gasteiger partial charge in [0.05, 0.1) is 36.6 Å². The van der Waals surface area contributed by atoms with Crippen molar-refractivity contribution >= 4 is 12.0 Å². The average molecular weight is 550 g/mol. The van der Waals surface area contributed by atoms with Crippen molar-refractivity contribution in [3.05, 3.63) is 82.7 Å². The number of carbonyl (C=O) groups is 1. The smallest absolute Gasteiger partial charge is 0.328 e. The van der Waals surface area contributed by atoms with Crippen molar-refractivity contribution in [1.29, 1.82) is 0 Å². The minimum Gasteiger partial charge on any atom is -0.478 e. The number of methoxy groups -OCH3 is 1. The second-order valence-corrected chi connectivity index (χ2v) is 10.8. The number of halogens is 1. The SMILES string of the molecule is CO[C@H](C)Cn1c(/C=C/C(=O)O)cnc1CN1CCC(c2cccc3c2O[C@@](C)(c2ccc(C)cc2F)O3)CC1. The number of benzene rings is 2. The molecule has 0 spiro atoms. The zero-order valence-electron chi connectivity index (χ0n) is 23.4. The molecule has 0 amide bonds. The van der Waals surface area contributed by atoms with E-state index in [1.165, 1.54) is 6.07 Å². The lowest BCUT2D eigenvalue weighted by atomic mass is 9.88. The van der Waals surface area contributed by atoms with E-state index in [2.05, 4.69) is 16.0 Å². The van der Waals surface area contributed by atoms with E-state index >= 15 is 0 Å². The minimum absolute atomic E-state index is 0.0443. The summed E-state index contributed by atoms with van der Waals surface area (Å²) in [5.74, 6) is -0.0728. The first-order valence-corrected chi connectivity index (χ1v) is 13.6. The predicted octanol–water partition coefficient (Wildman–Crippen LogP) is 5.49. The summed E-state index contributed by atoms with van der Waals surface area (Å²) >= 11 is 0. The molecule has 2 atom stereocenters. The van der Waals surface area contributed by atoms with Crippen LogP contribution in [0, 0.1) is 12.7 Å². The van der Waals surface area contributed by atoms with Crippen LogP contribution in [0.4, 0.5) is 4.39 Å². The van der Waals surface area contributed by atoms with Gasteiger partial charge in [0.2, 0.25) is 0 Å². The number of aliphatic carboxylic acids is 1. The average Bonchev–Trinajstić information content (AvgIpc) is 3.47. The number of rotatable bonds is 9. The minimum atomic E-state index is -1.22. The highest BCUT2D eigenvalue weighted by atomic mass is 19.1. The molecule has 1 saturated heterocycles. The summed E-state index contributed by atoms with van der Waals surface area (Å²) in [4.78, 5) is 18.0. The lowest BCUT2D eigenvalue weighted by Crippen LogP contribution is -2.34. The second-order valence-electron chi connectivity index (χ2n) is 10.8. The Balaban J connectivity index is 1.28. The Morgan fingerprint density at radius 1 is 1.27 bits per heavy atom. The molecule has 40 heavy (non-hydrogen) atoms. The van der Waals surface area contributed by atoms with Crippen LogP contribution in [0.15, 0.2) is 48.7 Å². The number of hydrogen-bond acceptors (Lipinski definition) is 6. The number of carboxylic acids is 1. The quantitative estimate of drug-likeness (QED) is 0.354. The number of likely N-dealkylation sites (tertiary alicyclic amines) is 1. The molecule has 2 aliphatic rings. The van der Waals surface area contributed by atoms with Gasteiger partial charge in [-0.25, -0.2) is 14.2 Å². The molecule has 8 nitrogen and oxygen atoms in total. The maximum Gasteiger partial charge on any atom is 0.328 e. The third kappa shape index (κ3) is 5.76. The highest BCUT2D eigenvalue weighted by molar-refractivity contribution is 5.84. The Hall–Kier alpha value is -3.69. The van der Waals surface area contributed by atoms with E-state index in [9.17, 15) is 9.18 Å². The van der Waals surface area contributed by atoms with Crippen LogP contribution in [-0.4, -0.2) is 51.8 Å². The van der Waals surface area contributed by atoms with Crippen LogP contribution in [0.3, 0.4) is 0 Å². The van der Waals surface area contributed by atoms with E-state index in [1.54, 1.807) is 32.4 Å². The van der Waals surface area contributed by atoms with Gasteiger partial charge < -0.3 is 23.9 Å². The standard InChI is InChI=1S/C31H36FN3O5/c1-20-8-10-25(26(32)16-20)31(3)39-27-7-5-6-24(30(27)40-31)22-12-14-34(15-13-22)19-28-33-17-23(9-11-29(36)37)35(28)18-21(2)38-4/h5-11,16-17,21-22H,12-15,18-19H2,1-4H3,(H,36,37)/b11-9+/t21-,31+/m1/s1. The molecule has 1 aromatic heterocycles. The van der Waals surface area contributed by atoms with Crippen LogP contribution in [-0.2, 0) is 28.4 Å². The summed E-state index contributed by atoms with van der Waals surface area (Å²) in [7, 11) is 1.66. The summed E-state index contributed by atoms with van der Waals surface area (Å²) in [6.45, 7) is 8.56. The van der Waals surface area contributed by atoms with E-state index in [0.29, 0.717) is 30.2 Å². The van der Waals surface area contributed by atoms with Crippen molar-refractivity contribution in [2.75, 3.05) is 20.2 Å². The van der Waals surface area contributed by atoms with Crippen molar-refractivity contribution in [2.45, 2.75) is 64.5 Å². The Labute approximate surface area is 234 Å². The van der Waals surface area contributed by atoms with Gasteiger partial charge in [0, 0.05) is 25.7 Å². The first-order valence-electron chi connectivity index (χ1n) is 13.6. The first kappa shape index (κ1) is 27.9. The fraction of sp³-hybridized carbons (Fsp3) is 0.419. The monoisotopic (exact) mass is 549 g/mol. The number of hydrogen-bond donors (Lipinski definition) is 1. The summed E-state index contributed by atoms with van der Waals surface area (Å²) < 4.78 is 34.9. The lowest BCUT2D eigenvalue weighted by Gasteiger charge is -2.32. The van der Waals surface area contributed by atoms with E-state index in [1.807, 2.05) is 36.6 Å². The maximum atomic E-state index is 14.8. The van der Waals surface area contributed by atoms with Crippen molar-refractivity contribution in [1.82, 2.24) is 14.5 Å². The molecule has 3 aromatic rings. The number of piperidine rings is 1. The molecule has 3 heterocycles. The maximum absolute atomic E-state index is 14.8. The molecule has 5 rings (SSSR count). The van der Waals surface area contributed by atoms with E-state index in [0.717, 1.165) is 54.7 Å². The number of carboxylic acid groups (broad SMARTS) is 1. The number of ether oxygens (including phenoxy) is 3. The van der Waals surface area contributed by atoms with Gasteiger partial charge >= 0.3 is 5.97 Å². The molecule has 2 aliphatic heterocycles. The van der Waals surface area contributed by atoms with Crippen molar-refractivity contribution in [2.24, 2.45) is 0 Å². The molecule has 0 radical (unpaired) electrons. The van der Waals surface area contributed by atoms with Crippen LogP contribution < -0.4 is 9.47 Å². The van der Waals surface area contributed by atoms with E-state index in [4.69, 9.17) is 19.3 Å². The zero-order valence-corrected chi connectivity index (χ0v) is 23.4. The lowest BCUT2D eigenvalue weighted by molar-refractivity contribution is -0.131. The Morgan fingerprint density at radius 2 is 2.05 bits per heavy atom. The number of fused-ring (bicyclic) bond motifs is 1. The Bertz CT molecular complexity index is 1410. The summed E-state index contributed by atoms with van der Waals surface area (Å²) in [5, 5.41) is 9.06. The van der Waals surface area contributed by atoms with Crippen LogP contribution in [0.5, 0.6) is 11.5 Å². The van der Waals surface area contributed by atoms with Crippen molar-refractivity contribution in [3.8, 4) is 11.5 Å². The van der Waals surface area contributed by atoms with Gasteiger partial charge in [0.25, 0.3) is 5.79 Å². The Kier molecular flexibility index (Phi) is 7.96. The largest absolute Gasteiger partial charge is 0.478 e. The third-order valence-electron chi connectivity index (χ3n) is 7.82. The molecule has 1 N–H and O–H groups in total. The van der Waals surface area contributed by atoms with Gasteiger partial charge in [0.15, 0.2) is 11.5 Å². The molecular formula is C31H36FN3O5. The molecule has 2 aromatic carbocycles. The van der Waals surface area contributed by atoms with Gasteiger partial charge in [0.1, 0.15) is 11.6 Å². The molecule has 212 valence electrons. The molecule has 9 heteroatoms. The fourth-order valence-corrected chi connectivity index (χ4v) is 5.56. The molecule has 0 aliphatic carbocycles. The predicted molar refractivity (Wildman–Crippen MR) is 149 cm³/mol. The van der Waals surface area contributed by atoms with Crippen LogP contribution >= 0.6 is 0 Å². The number of nitrogens with zero attached hydrogens (tertiary/aromatic N) is 3. The number of aromatic nitrogens is 2. The Morgan fingerprint density at radius 3 is 2.75 bits per heavy atom. The molecule has 0 bridgehead atoms. The highest BCUT2D eigenvalue weighted by Gasteiger charge is 2.42. The number of para-hydroxylation sites is 1. The second kappa shape index (κ2) is 11.4. The highest BCUT2D eigenvalue weighted by Crippen LogP contribution is 2.49. The topological polar surface area (TPSA) is 86.0 Å². The fourth-order valence-electron chi connectivity index (χ4n) is 5.56. The molecular weight excluding hydrogens is 513 g/mol. The van der Waals surface area contributed by atoms with Gasteiger partial charge in [-0.15, -0.1) is 0 Å². The number of imidazole rings is 1. The third-order valence-corrected chi connectivity index (χ3v) is 7.82. The molecule has 0 saturated carbocycles. The zero-order chi connectivity index (χ0) is 28.4.